The zero-order valence-electron chi connectivity index (χ0n) is 10.9. The summed E-state index contributed by atoms with van der Waals surface area (Å²) in [5.41, 5.74) is -0.215. The summed E-state index contributed by atoms with van der Waals surface area (Å²) in [5, 5.41) is 8.98. The average Bonchev–Trinajstić information content (AvgIpc) is 2.91. The molecule has 6 nitrogen and oxygen atoms in total. The maximum Gasteiger partial charge on any atom is 0.337 e. The first-order valence-electron chi connectivity index (χ1n) is 6.11. The molecule has 112 valence electrons. The fourth-order valence-corrected chi connectivity index (χ4v) is 3.35. The van der Waals surface area contributed by atoms with E-state index in [-0.39, 0.29) is 21.2 Å². The van der Waals surface area contributed by atoms with E-state index in [1.807, 2.05) is 0 Å². The van der Waals surface area contributed by atoms with Crippen LogP contribution in [0.5, 0.6) is 0 Å². The van der Waals surface area contributed by atoms with E-state index in [0.717, 1.165) is 6.07 Å². The van der Waals surface area contributed by atoms with Crippen molar-refractivity contribution in [1.29, 1.82) is 0 Å². The van der Waals surface area contributed by atoms with E-state index in [9.17, 15) is 13.2 Å². The predicted molar refractivity (Wildman–Crippen MR) is 77.3 cm³/mol. The fraction of sp³-hybridized carbons (Fsp3) is 0.231. The van der Waals surface area contributed by atoms with E-state index in [1.54, 1.807) is 23.3 Å². The Morgan fingerprint density at radius 2 is 2.14 bits per heavy atom. The molecule has 0 unspecified atom stereocenters. The average molecular weight is 329 g/mol. The van der Waals surface area contributed by atoms with Crippen molar-refractivity contribution >= 4 is 27.4 Å². The van der Waals surface area contributed by atoms with Gasteiger partial charge in [-0.05, 0) is 24.6 Å². The zero-order chi connectivity index (χ0) is 15.5. The molecule has 0 saturated heterocycles. The number of benzene rings is 1. The van der Waals surface area contributed by atoms with Crippen molar-refractivity contribution in [2.24, 2.45) is 0 Å². The first kappa shape index (κ1) is 15.5. The SMILES string of the molecule is O=C(O)c1cc(S(=O)(=O)CCCn2ccnc2)ccc1Cl. The molecule has 0 aliphatic rings. The normalized spacial score (nSPS) is 11.5. The third-order valence-corrected chi connectivity index (χ3v) is 5.04. The van der Waals surface area contributed by atoms with Gasteiger partial charge < -0.3 is 9.67 Å². The molecule has 0 spiro atoms. The van der Waals surface area contributed by atoms with Crippen LogP contribution in [0.3, 0.4) is 0 Å². The molecule has 0 fully saturated rings. The third kappa shape index (κ3) is 3.83. The van der Waals surface area contributed by atoms with Gasteiger partial charge in [-0.15, -0.1) is 0 Å². The number of hydrogen-bond donors (Lipinski definition) is 1. The number of aryl methyl sites for hydroxylation is 1. The number of carboxylic acid groups (broad SMARTS) is 1. The van der Waals surface area contributed by atoms with Gasteiger partial charge in [0.2, 0.25) is 0 Å². The number of halogens is 1. The van der Waals surface area contributed by atoms with Crippen LogP contribution in [0.4, 0.5) is 0 Å². The van der Waals surface area contributed by atoms with Gasteiger partial charge in [0.25, 0.3) is 0 Å². The van der Waals surface area contributed by atoms with Crippen LogP contribution < -0.4 is 0 Å². The van der Waals surface area contributed by atoms with Gasteiger partial charge in [-0.3, -0.25) is 0 Å². The van der Waals surface area contributed by atoms with Crippen LogP contribution in [0, 0.1) is 0 Å². The number of rotatable bonds is 6. The van der Waals surface area contributed by atoms with E-state index in [0.29, 0.717) is 13.0 Å². The zero-order valence-corrected chi connectivity index (χ0v) is 12.5. The molecule has 8 heteroatoms. The molecule has 0 aliphatic carbocycles. The summed E-state index contributed by atoms with van der Waals surface area (Å²) in [4.78, 5) is 14.8. The summed E-state index contributed by atoms with van der Waals surface area (Å²) in [6.45, 7) is 0.526. The minimum atomic E-state index is -3.54. The Balaban J connectivity index is 2.12. The lowest BCUT2D eigenvalue weighted by Crippen LogP contribution is -2.10. The maximum atomic E-state index is 12.2. The van der Waals surface area contributed by atoms with E-state index < -0.39 is 15.8 Å². The number of hydrogen-bond acceptors (Lipinski definition) is 4. The van der Waals surface area contributed by atoms with Gasteiger partial charge >= 0.3 is 5.97 Å². The lowest BCUT2D eigenvalue weighted by molar-refractivity contribution is 0.0697. The smallest absolute Gasteiger partial charge is 0.337 e. The summed E-state index contributed by atoms with van der Waals surface area (Å²) in [6, 6.07) is 3.70. The number of carboxylic acids is 1. The Morgan fingerprint density at radius 3 is 2.76 bits per heavy atom. The summed E-state index contributed by atoms with van der Waals surface area (Å²) in [5.74, 6) is -1.33. The van der Waals surface area contributed by atoms with Gasteiger partial charge in [0.05, 0.1) is 27.6 Å². The van der Waals surface area contributed by atoms with Crippen molar-refractivity contribution in [2.75, 3.05) is 5.75 Å². The Kier molecular flexibility index (Phi) is 4.64. The molecular formula is C13H13ClN2O4S. The summed E-state index contributed by atoms with van der Waals surface area (Å²) < 4.78 is 26.1. The Morgan fingerprint density at radius 1 is 1.38 bits per heavy atom. The molecule has 1 aromatic heterocycles. The first-order chi connectivity index (χ1) is 9.90. The van der Waals surface area contributed by atoms with Gasteiger partial charge in [0, 0.05) is 18.9 Å². The maximum absolute atomic E-state index is 12.2. The number of aromatic nitrogens is 2. The highest BCUT2D eigenvalue weighted by molar-refractivity contribution is 7.91. The van der Waals surface area contributed by atoms with Crippen LogP contribution in [-0.4, -0.2) is 34.8 Å². The minimum absolute atomic E-state index is 0.0138. The predicted octanol–water partition coefficient (Wildman–Crippen LogP) is 2.10. The molecule has 0 aliphatic heterocycles. The molecule has 2 aromatic rings. The van der Waals surface area contributed by atoms with Crippen LogP contribution >= 0.6 is 11.6 Å². The van der Waals surface area contributed by atoms with Crippen LogP contribution in [0.2, 0.25) is 5.02 Å². The van der Waals surface area contributed by atoms with Crippen molar-refractivity contribution < 1.29 is 18.3 Å². The molecular weight excluding hydrogens is 316 g/mol. The summed E-state index contributed by atoms with van der Waals surface area (Å²) in [6.07, 6.45) is 5.38. The van der Waals surface area contributed by atoms with E-state index >= 15 is 0 Å². The number of nitrogens with zero attached hydrogens (tertiary/aromatic N) is 2. The first-order valence-corrected chi connectivity index (χ1v) is 8.14. The quantitative estimate of drug-likeness (QED) is 0.877. The number of sulfone groups is 1. The monoisotopic (exact) mass is 328 g/mol. The molecule has 0 bridgehead atoms. The topological polar surface area (TPSA) is 89.3 Å². The van der Waals surface area contributed by atoms with Crippen molar-refractivity contribution in [3.63, 3.8) is 0 Å². The molecule has 0 saturated carbocycles. The van der Waals surface area contributed by atoms with Gasteiger partial charge in [-0.1, -0.05) is 11.6 Å². The Labute approximate surface area is 126 Å². The number of carbonyl (C=O) groups is 1. The molecule has 0 radical (unpaired) electrons. The summed E-state index contributed by atoms with van der Waals surface area (Å²) >= 11 is 5.73. The molecule has 1 N–H and O–H groups in total. The number of aromatic carboxylic acids is 1. The van der Waals surface area contributed by atoms with E-state index in [2.05, 4.69) is 4.98 Å². The second-order valence-corrected chi connectivity index (χ2v) is 6.94. The lowest BCUT2D eigenvalue weighted by atomic mass is 10.2. The highest BCUT2D eigenvalue weighted by atomic mass is 35.5. The highest BCUT2D eigenvalue weighted by Gasteiger charge is 2.18. The third-order valence-electron chi connectivity index (χ3n) is 2.92. The van der Waals surface area contributed by atoms with Crippen LogP contribution in [0.1, 0.15) is 16.8 Å². The van der Waals surface area contributed by atoms with Crippen molar-refractivity contribution in [3.05, 3.63) is 47.5 Å². The highest BCUT2D eigenvalue weighted by Crippen LogP contribution is 2.21. The van der Waals surface area contributed by atoms with Crippen molar-refractivity contribution in [3.8, 4) is 0 Å². The van der Waals surface area contributed by atoms with E-state index in [1.165, 1.54) is 12.1 Å². The van der Waals surface area contributed by atoms with Crippen LogP contribution in [0.15, 0.2) is 41.8 Å². The van der Waals surface area contributed by atoms with Gasteiger partial charge in [0.1, 0.15) is 0 Å². The second kappa shape index (κ2) is 6.28. The van der Waals surface area contributed by atoms with Gasteiger partial charge in [-0.25, -0.2) is 18.2 Å². The lowest BCUT2D eigenvalue weighted by Gasteiger charge is -2.07. The molecule has 21 heavy (non-hydrogen) atoms. The Hall–Kier alpha value is -1.86. The molecule has 1 heterocycles. The summed E-state index contributed by atoms with van der Waals surface area (Å²) in [7, 11) is -3.54. The van der Waals surface area contributed by atoms with Gasteiger partial charge in [0.15, 0.2) is 9.84 Å². The number of imidazole rings is 1. The van der Waals surface area contributed by atoms with Gasteiger partial charge in [-0.2, -0.15) is 0 Å². The largest absolute Gasteiger partial charge is 0.478 e. The van der Waals surface area contributed by atoms with Crippen molar-refractivity contribution in [1.82, 2.24) is 9.55 Å². The molecule has 2 rings (SSSR count). The molecule has 1 aromatic carbocycles. The molecule has 0 atom stereocenters. The fourth-order valence-electron chi connectivity index (χ4n) is 1.84. The molecule has 0 amide bonds. The van der Waals surface area contributed by atoms with Crippen molar-refractivity contribution in [2.45, 2.75) is 17.9 Å². The minimum Gasteiger partial charge on any atom is -0.478 e. The van der Waals surface area contributed by atoms with Crippen LogP contribution in [-0.2, 0) is 16.4 Å². The van der Waals surface area contributed by atoms with E-state index in [4.69, 9.17) is 16.7 Å². The van der Waals surface area contributed by atoms with Crippen LogP contribution in [0.25, 0.3) is 0 Å². The standard InChI is InChI=1S/C13H13ClN2O4S/c14-12-3-2-10(8-11(12)13(17)18)21(19,20)7-1-5-16-6-4-15-9-16/h2-4,6,8-9H,1,5,7H2,(H,17,18). The second-order valence-electron chi connectivity index (χ2n) is 4.42. The Bertz CT molecular complexity index is 742.